The Labute approximate surface area is 122 Å². The number of ketones is 1. The highest BCUT2D eigenvalue weighted by atomic mass is 16.5. The molecule has 1 aromatic heterocycles. The predicted molar refractivity (Wildman–Crippen MR) is 77.4 cm³/mol. The van der Waals surface area contributed by atoms with Crippen molar-refractivity contribution in [1.29, 1.82) is 0 Å². The molecule has 0 spiro atoms. The number of carbonyl (C=O) groups excluding carboxylic acids is 2. The summed E-state index contributed by atoms with van der Waals surface area (Å²) in [7, 11) is 1.56. The number of benzene rings is 1. The summed E-state index contributed by atoms with van der Waals surface area (Å²) in [6.45, 7) is 1.83. The largest absolute Gasteiger partial charge is 0.497 e. The van der Waals surface area contributed by atoms with Gasteiger partial charge in [0.1, 0.15) is 5.75 Å². The molecule has 0 atom stereocenters. The molecular weight excluding hydrogens is 270 g/mol. The number of carbonyl (C=O) groups is 2. The Morgan fingerprint density at radius 2 is 2.00 bits per heavy atom. The molecule has 0 bridgehead atoms. The van der Waals surface area contributed by atoms with E-state index in [9.17, 15) is 9.59 Å². The van der Waals surface area contributed by atoms with E-state index < -0.39 is 0 Å². The fourth-order valence-corrected chi connectivity index (χ4v) is 1.85. The molecule has 0 fully saturated rings. The Morgan fingerprint density at radius 3 is 2.57 bits per heavy atom. The number of amides is 1. The summed E-state index contributed by atoms with van der Waals surface area (Å²) in [4.78, 5) is 23.6. The summed E-state index contributed by atoms with van der Waals surface area (Å²) in [5.41, 5.74) is 2.08. The van der Waals surface area contributed by atoms with Crippen LogP contribution in [0.15, 0.2) is 30.3 Å². The second-order valence-electron chi connectivity index (χ2n) is 4.65. The van der Waals surface area contributed by atoms with Crippen LogP contribution in [0.5, 0.6) is 5.75 Å². The maximum atomic E-state index is 11.9. The van der Waals surface area contributed by atoms with E-state index in [1.165, 1.54) is 0 Å². The zero-order valence-electron chi connectivity index (χ0n) is 12.0. The van der Waals surface area contributed by atoms with Gasteiger partial charge in [-0.05, 0) is 37.3 Å². The van der Waals surface area contributed by atoms with E-state index in [0.717, 1.165) is 5.69 Å². The van der Waals surface area contributed by atoms with Gasteiger partial charge in [-0.15, -0.1) is 0 Å². The van der Waals surface area contributed by atoms with Gasteiger partial charge in [0, 0.05) is 11.3 Å². The average Bonchev–Trinajstić information content (AvgIpc) is 2.90. The summed E-state index contributed by atoms with van der Waals surface area (Å²) in [6, 6.07) is 8.56. The fourth-order valence-electron chi connectivity index (χ4n) is 1.85. The Kier molecular flexibility index (Phi) is 4.71. The normalized spacial score (nSPS) is 10.2. The fraction of sp³-hybridized carbons (Fsp3) is 0.267. The lowest BCUT2D eigenvalue weighted by Crippen LogP contribution is -2.30. The summed E-state index contributed by atoms with van der Waals surface area (Å²) >= 11 is 0. The third kappa shape index (κ3) is 4.17. The molecule has 0 saturated carbocycles. The number of Topliss-reactive ketones (excluding diaryl/α,β-unsaturated/α-hetero) is 1. The van der Waals surface area contributed by atoms with E-state index in [0.29, 0.717) is 17.0 Å². The van der Waals surface area contributed by atoms with Crippen molar-refractivity contribution in [2.45, 2.75) is 13.3 Å². The van der Waals surface area contributed by atoms with E-state index >= 15 is 0 Å². The molecule has 1 heterocycles. The Hall–Kier alpha value is -2.63. The highest BCUT2D eigenvalue weighted by molar-refractivity contribution is 5.99. The first-order valence-electron chi connectivity index (χ1n) is 6.53. The second-order valence-corrected chi connectivity index (χ2v) is 4.65. The number of aromatic nitrogens is 2. The van der Waals surface area contributed by atoms with Gasteiger partial charge in [-0.2, -0.15) is 5.10 Å². The average molecular weight is 287 g/mol. The summed E-state index contributed by atoms with van der Waals surface area (Å²) < 4.78 is 5.02. The molecule has 2 N–H and O–H groups in total. The number of H-pyrrole nitrogens is 1. The third-order valence-corrected chi connectivity index (χ3v) is 2.96. The van der Waals surface area contributed by atoms with Crippen LogP contribution in [0, 0.1) is 6.92 Å². The number of nitrogens with one attached hydrogen (secondary N) is 2. The molecule has 1 aromatic carbocycles. The highest BCUT2D eigenvalue weighted by Gasteiger charge is 2.10. The number of hydrogen-bond acceptors (Lipinski definition) is 4. The first kappa shape index (κ1) is 14.8. The molecule has 2 aromatic rings. The first-order chi connectivity index (χ1) is 10.1. The number of nitrogens with zero attached hydrogens (tertiary/aromatic N) is 1. The molecule has 0 aliphatic carbocycles. The smallest absolute Gasteiger partial charge is 0.226 e. The molecule has 0 radical (unpaired) electrons. The molecule has 0 aliphatic rings. The molecule has 110 valence electrons. The topological polar surface area (TPSA) is 84.1 Å². The SMILES string of the molecule is COc1ccc(C(=O)CNC(=O)Cc2cc(C)[nH]n2)cc1. The second kappa shape index (κ2) is 6.69. The maximum Gasteiger partial charge on any atom is 0.226 e. The zero-order chi connectivity index (χ0) is 15.2. The lowest BCUT2D eigenvalue weighted by Gasteiger charge is -2.05. The van der Waals surface area contributed by atoms with Crippen molar-refractivity contribution in [3.05, 3.63) is 47.3 Å². The number of methoxy groups -OCH3 is 1. The van der Waals surface area contributed by atoms with Crippen LogP contribution < -0.4 is 10.1 Å². The van der Waals surface area contributed by atoms with E-state index in [-0.39, 0.29) is 24.7 Å². The summed E-state index contributed by atoms with van der Waals surface area (Å²) in [5, 5.41) is 9.34. The van der Waals surface area contributed by atoms with E-state index in [4.69, 9.17) is 4.74 Å². The number of hydrogen-bond donors (Lipinski definition) is 2. The number of rotatable bonds is 6. The molecule has 6 nitrogen and oxygen atoms in total. The van der Waals surface area contributed by atoms with Crippen LogP contribution in [-0.2, 0) is 11.2 Å². The van der Waals surface area contributed by atoms with Gasteiger partial charge in [-0.25, -0.2) is 0 Å². The van der Waals surface area contributed by atoms with Crippen molar-refractivity contribution in [2.24, 2.45) is 0 Å². The van der Waals surface area contributed by atoms with Crippen LogP contribution in [0.4, 0.5) is 0 Å². The Bertz CT molecular complexity index is 632. The molecule has 1 amide bonds. The van der Waals surface area contributed by atoms with Gasteiger partial charge in [-0.3, -0.25) is 14.7 Å². The molecule has 0 saturated heterocycles. The molecule has 0 aliphatic heterocycles. The highest BCUT2D eigenvalue weighted by Crippen LogP contribution is 2.11. The van der Waals surface area contributed by atoms with Gasteiger partial charge in [0.2, 0.25) is 5.91 Å². The van der Waals surface area contributed by atoms with Crippen LogP contribution in [0.3, 0.4) is 0 Å². The molecule has 21 heavy (non-hydrogen) atoms. The number of aromatic amines is 1. The van der Waals surface area contributed by atoms with E-state index in [1.807, 2.05) is 6.92 Å². The Balaban J connectivity index is 1.83. The number of ether oxygens (including phenoxy) is 1. The van der Waals surface area contributed by atoms with Crippen LogP contribution in [0.1, 0.15) is 21.7 Å². The van der Waals surface area contributed by atoms with E-state index in [2.05, 4.69) is 15.5 Å². The van der Waals surface area contributed by atoms with Crippen molar-refractivity contribution in [3.8, 4) is 5.75 Å². The standard InChI is InChI=1S/C15H17N3O3/c1-10-7-12(18-17-10)8-15(20)16-9-14(19)11-3-5-13(21-2)6-4-11/h3-7H,8-9H2,1-2H3,(H,16,20)(H,17,18). The van der Waals surface area contributed by atoms with Crippen LogP contribution in [0.2, 0.25) is 0 Å². The third-order valence-electron chi connectivity index (χ3n) is 2.96. The minimum absolute atomic E-state index is 0.0332. The van der Waals surface area contributed by atoms with Crippen molar-refractivity contribution in [3.63, 3.8) is 0 Å². The molecule has 6 heteroatoms. The number of aryl methyl sites for hydroxylation is 1. The lowest BCUT2D eigenvalue weighted by molar-refractivity contribution is -0.120. The Morgan fingerprint density at radius 1 is 1.29 bits per heavy atom. The quantitative estimate of drug-likeness (QED) is 0.784. The van der Waals surface area contributed by atoms with Crippen molar-refractivity contribution >= 4 is 11.7 Å². The zero-order valence-corrected chi connectivity index (χ0v) is 12.0. The lowest BCUT2D eigenvalue weighted by atomic mass is 10.1. The molecule has 0 unspecified atom stereocenters. The van der Waals surface area contributed by atoms with Gasteiger partial charge in [0.05, 0.1) is 25.8 Å². The predicted octanol–water partition coefficient (Wildman–Crippen LogP) is 1.27. The summed E-state index contributed by atoms with van der Waals surface area (Å²) in [5.74, 6) is 0.303. The monoisotopic (exact) mass is 287 g/mol. The minimum Gasteiger partial charge on any atom is -0.497 e. The summed E-state index contributed by atoms with van der Waals surface area (Å²) in [6.07, 6.45) is 0.153. The maximum absolute atomic E-state index is 11.9. The van der Waals surface area contributed by atoms with Gasteiger partial charge in [-0.1, -0.05) is 0 Å². The van der Waals surface area contributed by atoms with Crippen molar-refractivity contribution < 1.29 is 14.3 Å². The van der Waals surface area contributed by atoms with Gasteiger partial charge in [0.25, 0.3) is 0 Å². The molecular formula is C15H17N3O3. The van der Waals surface area contributed by atoms with Gasteiger partial charge >= 0.3 is 0 Å². The van der Waals surface area contributed by atoms with Crippen LogP contribution in [0.25, 0.3) is 0 Å². The van der Waals surface area contributed by atoms with Gasteiger partial charge in [0.15, 0.2) is 5.78 Å². The minimum atomic E-state index is -0.233. The van der Waals surface area contributed by atoms with E-state index in [1.54, 1.807) is 37.4 Å². The molecule has 2 rings (SSSR count). The van der Waals surface area contributed by atoms with Crippen LogP contribution in [-0.4, -0.2) is 35.5 Å². The van der Waals surface area contributed by atoms with Crippen molar-refractivity contribution in [1.82, 2.24) is 15.5 Å². The first-order valence-corrected chi connectivity index (χ1v) is 6.53. The van der Waals surface area contributed by atoms with Gasteiger partial charge < -0.3 is 10.1 Å². The van der Waals surface area contributed by atoms with Crippen molar-refractivity contribution in [2.75, 3.05) is 13.7 Å². The van der Waals surface area contributed by atoms with Crippen LogP contribution >= 0.6 is 0 Å².